The van der Waals surface area contributed by atoms with Gasteiger partial charge in [-0.3, -0.25) is 19.9 Å². The lowest BCUT2D eigenvalue weighted by Crippen LogP contribution is -1.95. The summed E-state index contributed by atoms with van der Waals surface area (Å²) in [6.45, 7) is 0. The maximum absolute atomic E-state index is 13.7. The van der Waals surface area contributed by atoms with E-state index >= 15 is 0 Å². The lowest BCUT2D eigenvalue weighted by atomic mass is 9.99. The molecule has 0 radical (unpaired) electrons. The van der Waals surface area contributed by atoms with Crippen molar-refractivity contribution >= 4 is 0 Å². The molecule has 0 N–H and O–H groups in total. The first-order valence-electron chi connectivity index (χ1n) is 36.3. The summed E-state index contributed by atoms with van der Waals surface area (Å²) in [5.74, 6) is 1.09. The molecule has 0 amide bonds. The number of nitrogens with zero attached hydrogens (tertiary/aromatic N) is 11. The molecule has 8 aromatic heterocycles. The summed E-state index contributed by atoms with van der Waals surface area (Å²) >= 11 is 0. The number of hydrogen-bond acceptors (Lipinski definition) is 11. The lowest BCUT2D eigenvalue weighted by molar-refractivity contribution is 0.628. The van der Waals surface area contributed by atoms with Crippen molar-refractivity contribution in [3.8, 4) is 186 Å². The third kappa shape index (κ3) is 15.8. The molecule has 0 bridgehead atoms. The van der Waals surface area contributed by atoms with Crippen molar-refractivity contribution in [3.63, 3.8) is 0 Å². The molecule has 0 aliphatic rings. The summed E-state index contributed by atoms with van der Waals surface area (Å²) < 4.78 is 13.7. The summed E-state index contributed by atoms with van der Waals surface area (Å²) in [6.07, 6.45) is 7.28. The van der Waals surface area contributed by atoms with Crippen LogP contribution < -0.4 is 0 Å². The average molecular weight is 1430 g/mol. The van der Waals surface area contributed by atoms with Gasteiger partial charge in [0.15, 0.2) is 11.6 Å². The minimum atomic E-state index is -0.278. The molecule has 10 aromatic carbocycles. The van der Waals surface area contributed by atoms with E-state index in [-0.39, 0.29) is 5.82 Å². The molecule has 111 heavy (non-hydrogen) atoms. The predicted octanol–water partition coefficient (Wildman–Crippen LogP) is 24.0. The van der Waals surface area contributed by atoms with E-state index in [9.17, 15) is 9.65 Å². The zero-order valence-electron chi connectivity index (χ0n) is 59.7. The van der Waals surface area contributed by atoms with E-state index in [0.717, 1.165) is 163 Å². The van der Waals surface area contributed by atoms with Gasteiger partial charge in [-0.1, -0.05) is 267 Å². The highest BCUT2D eigenvalue weighted by Crippen LogP contribution is 2.37. The minimum absolute atomic E-state index is 0.278. The van der Waals surface area contributed by atoms with Crippen molar-refractivity contribution < 1.29 is 4.39 Å². The second kappa shape index (κ2) is 31.8. The maximum atomic E-state index is 13.7. The molecule has 0 spiro atoms. The van der Waals surface area contributed by atoms with Crippen LogP contribution in [0.3, 0.4) is 0 Å². The molecule has 12 heteroatoms. The number of pyridine rings is 6. The first-order valence-corrected chi connectivity index (χ1v) is 36.3. The molecule has 0 aliphatic carbocycles. The van der Waals surface area contributed by atoms with Gasteiger partial charge in [-0.25, -0.2) is 34.3 Å². The van der Waals surface area contributed by atoms with Crippen LogP contribution in [0.4, 0.5) is 4.39 Å². The Morgan fingerprint density at radius 2 is 0.450 bits per heavy atom. The van der Waals surface area contributed by atoms with Gasteiger partial charge in [-0.2, -0.15) is 5.26 Å². The summed E-state index contributed by atoms with van der Waals surface area (Å²) in [5.41, 5.74) is 28.5. The van der Waals surface area contributed by atoms with Crippen molar-refractivity contribution in [2.45, 2.75) is 0 Å². The Hall–Kier alpha value is -15.3. The largest absolute Gasteiger partial charge is 0.255 e. The molecule has 8 heterocycles. The van der Waals surface area contributed by atoms with E-state index in [1.54, 1.807) is 24.5 Å². The average Bonchev–Trinajstić information content (AvgIpc) is 0.810. The minimum Gasteiger partial charge on any atom is -0.255 e. The standard InChI is InChI=1S/C50H32N6.C49H32FN5/c51-32-34-14-16-38(17-15-34)43-29-48(44-13-7-8-28-52-44)54-49(30-43)45-27-26-42(33-53-45)37-20-18-35(19-21-37)36-22-24-41(25-23-36)50-55-46(39-9-3-1-4-10-39)31-47(56-50)40-11-5-2-6-12-40;50-42-25-22-36(23-26-42)41-29-47(43-13-7-8-28-51-43)53-48(30-41)44-27-24-40(32-52-44)35-16-14-33(15-17-35)34-18-20-39(21-19-34)49-54-45(37-9-3-1-4-10-37)31-46(55-49)38-11-5-2-6-12-38/h1-31,33H;1-32H. The number of rotatable bonds is 16. The first-order chi connectivity index (χ1) is 54.8. The molecule has 0 aliphatic heterocycles. The van der Waals surface area contributed by atoms with E-state index in [0.29, 0.717) is 22.9 Å². The van der Waals surface area contributed by atoms with Crippen molar-refractivity contribution in [2.24, 2.45) is 0 Å². The fourth-order valence-electron chi connectivity index (χ4n) is 13.3. The molecule has 11 nitrogen and oxygen atoms in total. The molecular weight excluding hydrogens is 1360 g/mol. The first kappa shape index (κ1) is 68.8. The highest BCUT2D eigenvalue weighted by atomic mass is 19.1. The van der Waals surface area contributed by atoms with Crippen molar-refractivity contribution in [1.29, 1.82) is 5.26 Å². The van der Waals surface area contributed by atoms with Crippen LogP contribution in [0.5, 0.6) is 0 Å². The molecule has 18 rings (SSSR count). The van der Waals surface area contributed by atoms with Gasteiger partial charge in [0.25, 0.3) is 0 Å². The number of nitriles is 1. The van der Waals surface area contributed by atoms with Crippen LogP contribution in [0.15, 0.2) is 389 Å². The smallest absolute Gasteiger partial charge is 0.160 e. The zero-order valence-corrected chi connectivity index (χ0v) is 59.7. The third-order valence-corrected chi connectivity index (χ3v) is 19.2. The molecule has 522 valence electrons. The Morgan fingerprint density at radius 1 is 0.189 bits per heavy atom. The van der Waals surface area contributed by atoms with Crippen LogP contribution in [-0.4, -0.2) is 49.8 Å². The van der Waals surface area contributed by atoms with Gasteiger partial charge in [0.1, 0.15) is 5.82 Å². The van der Waals surface area contributed by atoms with Crippen LogP contribution in [0.2, 0.25) is 0 Å². The van der Waals surface area contributed by atoms with Gasteiger partial charge < -0.3 is 0 Å². The van der Waals surface area contributed by atoms with E-state index in [1.165, 1.54) is 12.1 Å². The van der Waals surface area contributed by atoms with Crippen LogP contribution in [0.1, 0.15) is 5.56 Å². The van der Waals surface area contributed by atoms with E-state index in [2.05, 4.69) is 186 Å². The summed E-state index contributed by atoms with van der Waals surface area (Å²) in [5, 5.41) is 9.29. The van der Waals surface area contributed by atoms with E-state index < -0.39 is 0 Å². The van der Waals surface area contributed by atoms with Gasteiger partial charge in [0, 0.05) is 69.3 Å². The van der Waals surface area contributed by atoms with Crippen LogP contribution in [0.25, 0.3) is 180 Å². The maximum Gasteiger partial charge on any atom is 0.160 e. The molecule has 0 saturated carbocycles. The third-order valence-electron chi connectivity index (χ3n) is 19.2. The topological polar surface area (TPSA) is 153 Å². The Labute approximate surface area is 642 Å². The van der Waals surface area contributed by atoms with E-state index in [4.69, 9.17) is 39.9 Å². The predicted molar refractivity (Wildman–Crippen MR) is 442 cm³/mol. The quantitative estimate of drug-likeness (QED) is 0.0908. The normalized spacial score (nSPS) is 10.9. The highest BCUT2D eigenvalue weighted by molar-refractivity contribution is 5.81. The fraction of sp³-hybridized carbons (Fsp3) is 0. The number of benzene rings is 10. The molecule has 18 aromatic rings. The molecule has 0 fully saturated rings. The van der Waals surface area contributed by atoms with Crippen molar-refractivity contribution in [3.05, 3.63) is 400 Å². The summed E-state index contributed by atoms with van der Waals surface area (Å²) in [7, 11) is 0. The highest BCUT2D eigenvalue weighted by Gasteiger charge is 2.18. The van der Waals surface area contributed by atoms with Crippen molar-refractivity contribution in [2.75, 3.05) is 0 Å². The SMILES string of the molecule is Fc1ccc(-c2cc(-c3ccccn3)nc(-c3ccc(-c4ccc(-c5ccc(-c6nc(-c7ccccc7)cc(-c7ccccc7)n6)cc5)cc4)cn3)c2)cc1.N#Cc1ccc(-c2cc(-c3ccccn3)nc(-c3ccc(-c4ccc(-c5ccc(-c6nc(-c7ccccc7)cc(-c7ccccc7)n6)cc5)cc4)cn3)c2)cc1. The van der Waals surface area contributed by atoms with Crippen molar-refractivity contribution in [1.82, 2.24) is 49.8 Å². The number of hydrogen-bond donors (Lipinski definition) is 0. The van der Waals surface area contributed by atoms with E-state index in [1.807, 2.05) is 182 Å². The van der Waals surface area contributed by atoms with Crippen LogP contribution in [0, 0.1) is 17.1 Å². The van der Waals surface area contributed by atoms with Gasteiger partial charge >= 0.3 is 0 Å². The fourth-order valence-corrected chi connectivity index (χ4v) is 13.3. The summed E-state index contributed by atoms with van der Waals surface area (Å²) in [6, 6.07) is 123. The Morgan fingerprint density at radius 3 is 0.739 bits per heavy atom. The molecule has 0 atom stereocenters. The van der Waals surface area contributed by atoms with Gasteiger partial charge in [-0.05, 0) is 153 Å². The van der Waals surface area contributed by atoms with Gasteiger partial charge in [-0.15, -0.1) is 0 Å². The lowest BCUT2D eigenvalue weighted by Gasteiger charge is -2.11. The molecule has 0 saturated heterocycles. The Kier molecular flexibility index (Phi) is 19.7. The molecule has 0 unspecified atom stereocenters. The second-order valence-corrected chi connectivity index (χ2v) is 26.4. The Balaban J connectivity index is 0.000000161. The molecular formula is C99H64FN11. The Bertz CT molecular complexity index is 6170. The summed E-state index contributed by atoms with van der Waals surface area (Å²) in [4.78, 5) is 48.5. The van der Waals surface area contributed by atoms with Gasteiger partial charge in [0.2, 0.25) is 0 Å². The van der Waals surface area contributed by atoms with Crippen LogP contribution >= 0.6 is 0 Å². The van der Waals surface area contributed by atoms with Gasteiger partial charge in [0.05, 0.1) is 80.0 Å². The second-order valence-electron chi connectivity index (χ2n) is 26.4. The van der Waals surface area contributed by atoms with Crippen LogP contribution in [-0.2, 0) is 0 Å². The number of halogens is 1. The monoisotopic (exact) mass is 1430 g/mol. The number of aromatic nitrogens is 10. The zero-order chi connectivity index (χ0) is 74.7.